The van der Waals surface area contributed by atoms with E-state index in [0.29, 0.717) is 6.54 Å². The average molecular weight is 341 g/mol. The molecule has 0 saturated carbocycles. The van der Waals surface area contributed by atoms with Crippen LogP contribution in [0.1, 0.15) is 28.1 Å². The predicted molar refractivity (Wildman–Crippen MR) is 94.9 cm³/mol. The molecule has 1 unspecified atom stereocenters. The molecule has 0 spiro atoms. The molecule has 1 atom stereocenters. The second-order valence-electron chi connectivity index (χ2n) is 5.50. The predicted octanol–water partition coefficient (Wildman–Crippen LogP) is 3.57. The molecule has 0 aromatic carbocycles. The van der Waals surface area contributed by atoms with Crippen molar-refractivity contribution in [1.82, 2.24) is 15.1 Å². The van der Waals surface area contributed by atoms with Crippen LogP contribution in [0.15, 0.2) is 52.5 Å². The lowest BCUT2D eigenvalue weighted by atomic mass is 10.2. The molecule has 0 radical (unpaired) electrons. The lowest BCUT2D eigenvalue weighted by Crippen LogP contribution is -2.31. The third kappa shape index (κ3) is 3.83. The summed E-state index contributed by atoms with van der Waals surface area (Å²) >= 11 is 1.59. The summed E-state index contributed by atoms with van der Waals surface area (Å²) in [5, 5.41) is 9.43. The van der Waals surface area contributed by atoms with Gasteiger partial charge >= 0.3 is 0 Å². The van der Waals surface area contributed by atoms with Gasteiger partial charge in [0, 0.05) is 23.2 Å². The lowest BCUT2D eigenvalue weighted by Gasteiger charge is -2.17. The van der Waals surface area contributed by atoms with E-state index in [0.717, 1.165) is 22.0 Å². The summed E-state index contributed by atoms with van der Waals surface area (Å²) in [6.45, 7) is 4.35. The lowest BCUT2D eigenvalue weighted by molar-refractivity contribution is -0.116. The second-order valence-corrected chi connectivity index (χ2v) is 6.48. The highest BCUT2D eigenvalue weighted by molar-refractivity contribution is 7.10. The van der Waals surface area contributed by atoms with Gasteiger partial charge in [-0.15, -0.1) is 11.3 Å². The molecule has 6 heteroatoms. The first-order valence-electron chi connectivity index (χ1n) is 7.69. The molecule has 0 saturated heterocycles. The van der Waals surface area contributed by atoms with E-state index in [1.54, 1.807) is 23.7 Å². The molecule has 3 aromatic rings. The molecule has 3 heterocycles. The van der Waals surface area contributed by atoms with E-state index in [1.165, 1.54) is 0 Å². The van der Waals surface area contributed by atoms with E-state index in [9.17, 15) is 4.79 Å². The van der Waals surface area contributed by atoms with Crippen molar-refractivity contribution < 1.29 is 9.21 Å². The topological polar surface area (TPSA) is 60.1 Å². The van der Waals surface area contributed by atoms with E-state index in [2.05, 4.69) is 10.4 Å². The number of aromatic nitrogens is 2. The third-order valence-corrected chi connectivity index (χ3v) is 4.46. The van der Waals surface area contributed by atoms with Gasteiger partial charge in [-0.2, -0.15) is 5.10 Å². The zero-order valence-electron chi connectivity index (χ0n) is 13.6. The number of carbonyl (C=O) groups is 1. The Morgan fingerprint density at radius 2 is 2.29 bits per heavy atom. The Balaban J connectivity index is 1.71. The summed E-state index contributed by atoms with van der Waals surface area (Å²) in [7, 11) is 0. The van der Waals surface area contributed by atoms with Gasteiger partial charge < -0.3 is 9.73 Å². The van der Waals surface area contributed by atoms with Crippen molar-refractivity contribution in [2.45, 2.75) is 19.9 Å². The standard InChI is InChI=1S/C18H19N3O2S/c1-13-11-14(2)21(20-13)16(17-6-3-9-23-17)12-19-18(22)8-7-15-5-4-10-24-15/h3-11,16H,12H2,1-2H3,(H,19,22). The van der Waals surface area contributed by atoms with Gasteiger partial charge in [-0.05, 0) is 49.6 Å². The van der Waals surface area contributed by atoms with Gasteiger partial charge in [-0.3, -0.25) is 9.48 Å². The number of nitrogens with zero attached hydrogens (tertiary/aromatic N) is 2. The van der Waals surface area contributed by atoms with E-state index in [1.807, 2.05) is 60.3 Å². The molecule has 124 valence electrons. The van der Waals surface area contributed by atoms with Crippen LogP contribution in [0.4, 0.5) is 0 Å². The molecule has 3 aromatic heterocycles. The summed E-state index contributed by atoms with van der Waals surface area (Å²) in [6, 6.07) is 9.50. The largest absolute Gasteiger partial charge is 0.467 e. The van der Waals surface area contributed by atoms with Gasteiger partial charge in [0.1, 0.15) is 11.8 Å². The number of amides is 1. The number of hydrogen-bond acceptors (Lipinski definition) is 4. The van der Waals surface area contributed by atoms with Crippen LogP contribution in [-0.4, -0.2) is 22.2 Å². The van der Waals surface area contributed by atoms with E-state index < -0.39 is 0 Å². The fourth-order valence-corrected chi connectivity index (χ4v) is 3.17. The van der Waals surface area contributed by atoms with E-state index in [-0.39, 0.29) is 11.9 Å². The molecule has 3 rings (SSSR count). The van der Waals surface area contributed by atoms with Crippen molar-refractivity contribution in [1.29, 1.82) is 0 Å². The molecule has 0 aliphatic rings. The number of aryl methyl sites for hydroxylation is 2. The Morgan fingerprint density at radius 3 is 2.92 bits per heavy atom. The number of hydrogen-bond donors (Lipinski definition) is 1. The molecule has 24 heavy (non-hydrogen) atoms. The van der Waals surface area contributed by atoms with Gasteiger partial charge in [0.2, 0.25) is 5.91 Å². The molecule has 5 nitrogen and oxygen atoms in total. The van der Waals surface area contributed by atoms with Crippen molar-refractivity contribution in [3.05, 3.63) is 70.1 Å². The van der Waals surface area contributed by atoms with Crippen LogP contribution in [-0.2, 0) is 4.79 Å². The van der Waals surface area contributed by atoms with Gasteiger partial charge in [0.15, 0.2) is 0 Å². The van der Waals surface area contributed by atoms with Crippen LogP contribution >= 0.6 is 11.3 Å². The fourth-order valence-electron chi connectivity index (χ4n) is 2.55. The van der Waals surface area contributed by atoms with Crippen LogP contribution in [0.5, 0.6) is 0 Å². The van der Waals surface area contributed by atoms with E-state index in [4.69, 9.17) is 4.42 Å². The zero-order valence-corrected chi connectivity index (χ0v) is 14.4. The maximum atomic E-state index is 12.1. The van der Waals surface area contributed by atoms with Crippen LogP contribution in [0.2, 0.25) is 0 Å². The molecular formula is C18H19N3O2S. The van der Waals surface area contributed by atoms with Crippen LogP contribution < -0.4 is 5.32 Å². The molecular weight excluding hydrogens is 322 g/mol. The molecule has 1 N–H and O–H groups in total. The first-order valence-corrected chi connectivity index (χ1v) is 8.57. The SMILES string of the molecule is Cc1cc(C)n(C(CNC(=O)C=Cc2cccs2)c2ccco2)n1. The quantitative estimate of drug-likeness (QED) is 0.697. The molecule has 0 fully saturated rings. The summed E-state index contributed by atoms with van der Waals surface area (Å²) in [5.41, 5.74) is 1.96. The highest BCUT2D eigenvalue weighted by Gasteiger charge is 2.20. The van der Waals surface area contributed by atoms with Crippen molar-refractivity contribution >= 4 is 23.3 Å². The van der Waals surface area contributed by atoms with Crippen molar-refractivity contribution in [3.8, 4) is 0 Å². The molecule has 0 bridgehead atoms. The van der Waals surface area contributed by atoms with Gasteiger partial charge in [0.25, 0.3) is 0 Å². The average Bonchev–Trinajstić information content (AvgIpc) is 3.29. The highest BCUT2D eigenvalue weighted by atomic mass is 32.1. The number of rotatable bonds is 6. The minimum absolute atomic E-state index is 0.138. The monoisotopic (exact) mass is 341 g/mol. The van der Waals surface area contributed by atoms with Gasteiger partial charge in [-0.25, -0.2) is 0 Å². The van der Waals surface area contributed by atoms with E-state index >= 15 is 0 Å². The molecule has 0 aliphatic carbocycles. The Kier molecular flexibility index (Phi) is 4.96. The van der Waals surface area contributed by atoms with Crippen LogP contribution in [0.25, 0.3) is 6.08 Å². The van der Waals surface area contributed by atoms with Crippen LogP contribution in [0.3, 0.4) is 0 Å². The number of thiophene rings is 1. The number of furan rings is 1. The van der Waals surface area contributed by atoms with Gasteiger partial charge in [-0.1, -0.05) is 6.07 Å². The van der Waals surface area contributed by atoms with Crippen molar-refractivity contribution in [2.75, 3.05) is 6.54 Å². The Bertz CT molecular complexity index is 817. The van der Waals surface area contributed by atoms with Crippen molar-refractivity contribution in [3.63, 3.8) is 0 Å². The zero-order chi connectivity index (χ0) is 16.9. The highest BCUT2D eigenvalue weighted by Crippen LogP contribution is 2.20. The minimum atomic E-state index is -0.173. The summed E-state index contributed by atoms with van der Waals surface area (Å²) in [4.78, 5) is 13.1. The third-order valence-electron chi connectivity index (χ3n) is 3.62. The van der Waals surface area contributed by atoms with Crippen molar-refractivity contribution in [2.24, 2.45) is 0 Å². The van der Waals surface area contributed by atoms with Gasteiger partial charge in [0.05, 0.1) is 12.0 Å². The second kappa shape index (κ2) is 7.31. The minimum Gasteiger partial charge on any atom is -0.467 e. The summed E-state index contributed by atoms with van der Waals surface area (Å²) in [6.07, 6.45) is 4.99. The number of nitrogens with one attached hydrogen (secondary N) is 1. The summed E-state index contributed by atoms with van der Waals surface area (Å²) in [5.74, 6) is 0.630. The Hall–Kier alpha value is -2.60. The smallest absolute Gasteiger partial charge is 0.244 e. The van der Waals surface area contributed by atoms with Crippen LogP contribution in [0, 0.1) is 13.8 Å². The molecule has 0 aliphatic heterocycles. The first-order chi connectivity index (χ1) is 11.6. The first kappa shape index (κ1) is 16.3. The Labute approximate surface area is 144 Å². The fraction of sp³-hybridized carbons (Fsp3) is 0.222. The summed E-state index contributed by atoms with van der Waals surface area (Å²) < 4.78 is 7.42. The Morgan fingerprint density at radius 1 is 1.42 bits per heavy atom. The maximum absolute atomic E-state index is 12.1. The number of carbonyl (C=O) groups excluding carboxylic acids is 1. The maximum Gasteiger partial charge on any atom is 0.244 e. The normalized spacial score (nSPS) is 12.6. The molecule has 1 amide bonds.